The molecule has 164 valence electrons. The van der Waals surface area contributed by atoms with Gasteiger partial charge in [0, 0.05) is 31.1 Å². The average Bonchev–Trinajstić information content (AvgIpc) is 3.44. The number of thiazole rings is 1. The zero-order valence-electron chi connectivity index (χ0n) is 17.5. The number of hydrogen-bond acceptors (Lipinski definition) is 6. The Balaban J connectivity index is 1.90. The van der Waals surface area contributed by atoms with Gasteiger partial charge in [0.2, 0.25) is 0 Å². The first kappa shape index (κ1) is 22.1. The molecule has 6 nitrogen and oxygen atoms in total. The van der Waals surface area contributed by atoms with E-state index >= 15 is 0 Å². The smallest absolute Gasteiger partial charge is 0.273 e. The Labute approximate surface area is 192 Å². The number of halogens is 1. The quantitative estimate of drug-likeness (QED) is 0.585. The average molecular weight is 469 g/mol. The molecule has 1 aliphatic rings. The van der Waals surface area contributed by atoms with E-state index in [-0.39, 0.29) is 21.7 Å². The Morgan fingerprint density at radius 1 is 1.19 bits per heavy atom. The van der Waals surface area contributed by atoms with Crippen LogP contribution in [0.5, 0.6) is 0 Å². The predicted octanol–water partition coefficient (Wildman–Crippen LogP) is 1.77. The molecule has 0 unspecified atom stereocenters. The maximum Gasteiger partial charge on any atom is 0.273 e. The molecule has 1 aliphatic heterocycles. The van der Waals surface area contributed by atoms with Crippen molar-refractivity contribution in [3.63, 3.8) is 0 Å². The highest BCUT2D eigenvalue weighted by Crippen LogP contribution is 2.11. The minimum absolute atomic E-state index is 0.0767. The first-order valence-corrected chi connectivity index (χ1v) is 11.9. The van der Waals surface area contributed by atoms with Gasteiger partial charge in [0.05, 0.1) is 10.2 Å². The predicted molar refractivity (Wildman–Crippen MR) is 125 cm³/mol. The standard InChI is InChI=1S/C23H21FN4O2S2/c1-2-26-9-11-27(12-10-26)21(29)19(15-25)23-28(17-7-5-16(24)6-8-17)22(30)20(32-23)14-18-4-3-13-31-18/h3-8,13-14H,2,9-12H2,1H3. The fraction of sp³-hybridized carbons (Fsp3) is 0.261. The highest BCUT2D eigenvalue weighted by atomic mass is 32.1. The van der Waals surface area contributed by atoms with Crippen LogP contribution in [0.2, 0.25) is 0 Å². The highest BCUT2D eigenvalue weighted by molar-refractivity contribution is 7.11. The number of thiophene rings is 1. The van der Waals surface area contributed by atoms with E-state index in [4.69, 9.17) is 0 Å². The number of amides is 1. The third-order valence-corrected chi connectivity index (χ3v) is 7.28. The van der Waals surface area contributed by atoms with Crippen LogP contribution in [0.4, 0.5) is 4.39 Å². The van der Waals surface area contributed by atoms with Crippen molar-refractivity contribution in [2.75, 3.05) is 32.7 Å². The number of nitrogens with zero attached hydrogens (tertiary/aromatic N) is 4. The molecular formula is C23H21FN4O2S2. The second kappa shape index (κ2) is 9.61. The number of aromatic nitrogens is 1. The first-order chi connectivity index (χ1) is 15.5. The molecule has 0 radical (unpaired) electrons. The maximum absolute atomic E-state index is 13.5. The van der Waals surface area contributed by atoms with Gasteiger partial charge in [-0.05, 0) is 48.3 Å². The van der Waals surface area contributed by atoms with Crippen LogP contribution in [-0.4, -0.2) is 53.0 Å². The van der Waals surface area contributed by atoms with E-state index in [2.05, 4.69) is 11.8 Å². The summed E-state index contributed by atoms with van der Waals surface area (Å²) in [5.74, 6) is -0.818. The van der Waals surface area contributed by atoms with Gasteiger partial charge in [-0.15, -0.1) is 22.7 Å². The first-order valence-electron chi connectivity index (χ1n) is 10.2. The molecule has 1 saturated heterocycles. The molecule has 1 fully saturated rings. The summed E-state index contributed by atoms with van der Waals surface area (Å²) in [5, 5.41) is 11.8. The molecule has 1 amide bonds. The molecule has 3 heterocycles. The summed E-state index contributed by atoms with van der Waals surface area (Å²) >= 11 is 2.59. The number of hydrogen-bond donors (Lipinski definition) is 0. The van der Waals surface area contributed by atoms with Gasteiger partial charge in [0.25, 0.3) is 11.5 Å². The molecule has 4 rings (SSSR count). The Morgan fingerprint density at radius 3 is 2.50 bits per heavy atom. The second-order valence-electron chi connectivity index (χ2n) is 7.26. The van der Waals surface area contributed by atoms with Crippen molar-refractivity contribution >= 4 is 40.2 Å². The number of benzene rings is 1. The monoisotopic (exact) mass is 468 g/mol. The van der Waals surface area contributed by atoms with Crippen LogP contribution in [0, 0.1) is 17.1 Å². The molecule has 0 atom stereocenters. The van der Waals surface area contributed by atoms with Gasteiger partial charge in [-0.25, -0.2) is 4.39 Å². The summed E-state index contributed by atoms with van der Waals surface area (Å²) < 4.78 is 15.5. The van der Waals surface area contributed by atoms with Crippen molar-refractivity contribution in [1.29, 1.82) is 5.26 Å². The molecular weight excluding hydrogens is 447 g/mol. The minimum atomic E-state index is -0.432. The lowest BCUT2D eigenvalue weighted by atomic mass is 10.2. The summed E-state index contributed by atoms with van der Waals surface area (Å²) in [7, 11) is 0. The molecule has 32 heavy (non-hydrogen) atoms. The van der Waals surface area contributed by atoms with Gasteiger partial charge in [0.15, 0.2) is 5.57 Å². The molecule has 0 saturated carbocycles. The van der Waals surface area contributed by atoms with Crippen LogP contribution in [0.25, 0.3) is 17.3 Å². The highest BCUT2D eigenvalue weighted by Gasteiger charge is 2.25. The van der Waals surface area contributed by atoms with Crippen molar-refractivity contribution in [2.24, 2.45) is 0 Å². The van der Waals surface area contributed by atoms with Crippen molar-refractivity contribution in [2.45, 2.75) is 6.92 Å². The molecule has 2 aromatic heterocycles. The third-order valence-electron chi connectivity index (χ3n) is 5.37. The molecule has 3 aromatic rings. The van der Waals surface area contributed by atoms with Crippen molar-refractivity contribution < 1.29 is 9.18 Å². The van der Waals surface area contributed by atoms with Crippen molar-refractivity contribution in [3.05, 3.63) is 72.0 Å². The fourth-order valence-electron chi connectivity index (χ4n) is 3.59. The summed E-state index contributed by atoms with van der Waals surface area (Å²) in [4.78, 5) is 31.4. The van der Waals surface area contributed by atoms with E-state index in [1.807, 2.05) is 23.6 Å². The van der Waals surface area contributed by atoms with Crippen molar-refractivity contribution in [1.82, 2.24) is 14.4 Å². The Morgan fingerprint density at radius 2 is 1.91 bits per heavy atom. The van der Waals surface area contributed by atoms with Crippen molar-refractivity contribution in [3.8, 4) is 11.8 Å². The Hall–Kier alpha value is -3.06. The molecule has 0 bridgehead atoms. The van der Waals surface area contributed by atoms with E-state index < -0.39 is 5.82 Å². The van der Waals surface area contributed by atoms with Crippen LogP contribution in [0.15, 0.2) is 46.6 Å². The van der Waals surface area contributed by atoms with Gasteiger partial charge in [-0.2, -0.15) is 5.26 Å². The number of rotatable bonds is 4. The molecule has 0 N–H and O–H groups in total. The van der Waals surface area contributed by atoms with Gasteiger partial charge >= 0.3 is 0 Å². The molecule has 9 heteroatoms. The topological polar surface area (TPSA) is 69.3 Å². The number of carbonyl (C=O) groups is 1. The second-order valence-corrected chi connectivity index (χ2v) is 9.27. The lowest BCUT2D eigenvalue weighted by molar-refractivity contribution is -0.126. The summed E-state index contributed by atoms with van der Waals surface area (Å²) in [5.41, 5.74) is -0.0154. The minimum Gasteiger partial charge on any atom is -0.335 e. The number of nitriles is 1. The van der Waals surface area contributed by atoms with E-state index in [9.17, 15) is 19.2 Å². The Bertz CT molecular complexity index is 1330. The number of piperazine rings is 1. The van der Waals surface area contributed by atoms with E-state index in [0.717, 1.165) is 35.8 Å². The number of likely N-dealkylation sites (N-methyl/N-ethyl adjacent to an activating group) is 1. The number of carbonyl (C=O) groups excluding carboxylic acids is 1. The molecule has 0 spiro atoms. The van der Waals surface area contributed by atoms with Crippen LogP contribution >= 0.6 is 22.7 Å². The third kappa shape index (κ3) is 4.43. The molecule has 1 aromatic carbocycles. The van der Waals surface area contributed by atoms with Crippen LogP contribution in [0.3, 0.4) is 0 Å². The lowest BCUT2D eigenvalue weighted by Crippen LogP contribution is -2.49. The van der Waals surface area contributed by atoms with E-state index in [1.54, 1.807) is 11.0 Å². The summed E-state index contributed by atoms with van der Waals surface area (Å²) in [6.07, 6.45) is 1.75. The molecule has 0 aliphatic carbocycles. The summed E-state index contributed by atoms with van der Waals surface area (Å²) in [6, 6.07) is 11.3. The largest absolute Gasteiger partial charge is 0.335 e. The van der Waals surface area contributed by atoms with Gasteiger partial charge in [0.1, 0.15) is 16.5 Å². The maximum atomic E-state index is 13.5. The normalized spacial score (nSPS) is 16.2. The van der Waals surface area contributed by atoms with Gasteiger partial charge < -0.3 is 9.80 Å². The van der Waals surface area contributed by atoms with Gasteiger partial charge in [-0.1, -0.05) is 13.0 Å². The Kier molecular flexibility index (Phi) is 6.65. The fourth-order valence-corrected chi connectivity index (χ4v) is 5.41. The summed E-state index contributed by atoms with van der Waals surface area (Å²) in [6.45, 7) is 5.52. The van der Waals surface area contributed by atoms with Crippen LogP contribution < -0.4 is 14.8 Å². The van der Waals surface area contributed by atoms with E-state index in [0.29, 0.717) is 23.3 Å². The lowest BCUT2D eigenvalue weighted by Gasteiger charge is -2.33. The zero-order chi connectivity index (χ0) is 22.7. The van der Waals surface area contributed by atoms with Crippen LogP contribution in [-0.2, 0) is 4.79 Å². The van der Waals surface area contributed by atoms with Gasteiger partial charge in [-0.3, -0.25) is 14.2 Å². The zero-order valence-corrected chi connectivity index (χ0v) is 19.1. The van der Waals surface area contributed by atoms with Crippen LogP contribution in [0.1, 0.15) is 11.8 Å². The SMILES string of the molecule is CCN1CCN(C(=O)C(C#N)=c2sc(=Cc3cccs3)c(=O)n2-c2ccc(F)cc2)CC1. The van der Waals surface area contributed by atoms with E-state index in [1.165, 1.54) is 40.2 Å².